The van der Waals surface area contributed by atoms with Gasteiger partial charge in [0, 0.05) is 50.5 Å². The van der Waals surface area contributed by atoms with E-state index in [-0.39, 0.29) is 0 Å². The number of anilines is 1. The van der Waals surface area contributed by atoms with Crippen molar-refractivity contribution in [2.45, 2.75) is 32.2 Å². The van der Waals surface area contributed by atoms with Gasteiger partial charge in [-0.15, -0.1) is 0 Å². The molecule has 1 aromatic carbocycles. The van der Waals surface area contributed by atoms with Gasteiger partial charge in [0.25, 0.3) is 0 Å². The smallest absolute Gasteiger partial charge is 0.225 e. The highest BCUT2D eigenvalue weighted by Crippen LogP contribution is 2.22. The topological polar surface area (TPSA) is 54.4 Å². The van der Waals surface area contributed by atoms with E-state index < -0.39 is 0 Å². The molecule has 0 saturated carbocycles. The fourth-order valence-electron chi connectivity index (χ4n) is 4.82. The molecule has 2 saturated heterocycles. The molecule has 162 valence electrons. The summed E-state index contributed by atoms with van der Waals surface area (Å²) >= 11 is 0. The van der Waals surface area contributed by atoms with Crippen LogP contribution in [0, 0.1) is 5.92 Å². The van der Waals surface area contributed by atoms with E-state index >= 15 is 0 Å². The fourth-order valence-corrected chi connectivity index (χ4v) is 4.82. The third-order valence-corrected chi connectivity index (χ3v) is 6.39. The monoisotopic (exact) mass is 417 g/mol. The van der Waals surface area contributed by atoms with Gasteiger partial charge in [-0.25, -0.2) is 9.97 Å². The Kier molecular flexibility index (Phi) is 6.37. The molecule has 0 amide bonds. The average Bonchev–Trinajstić information content (AvgIpc) is 3.05. The van der Waals surface area contributed by atoms with Crippen LogP contribution in [-0.2, 0) is 17.7 Å². The van der Waals surface area contributed by atoms with Gasteiger partial charge in [0.1, 0.15) is 0 Å². The van der Waals surface area contributed by atoms with Crippen molar-refractivity contribution >= 4 is 16.9 Å². The number of aromatic nitrogens is 3. The van der Waals surface area contributed by atoms with Crippen molar-refractivity contribution in [1.29, 1.82) is 0 Å². The van der Waals surface area contributed by atoms with Crippen molar-refractivity contribution in [2.24, 2.45) is 5.92 Å². The summed E-state index contributed by atoms with van der Waals surface area (Å²) < 4.78 is 5.98. The van der Waals surface area contributed by atoms with Crippen molar-refractivity contribution in [2.75, 3.05) is 44.3 Å². The van der Waals surface area contributed by atoms with Crippen molar-refractivity contribution in [3.8, 4) is 0 Å². The Bertz CT molecular complexity index is 999. The molecule has 2 fully saturated rings. The molecule has 1 unspecified atom stereocenters. The van der Waals surface area contributed by atoms with Crippen LogP contribution in [0.25, 0.3) is 10.9 Å². The van der Waals surface area contributed by atoms with Crippen molar-refractivity contribution < 1.29 is 4.74 Å². The summed E-state index contributed by atoms with van der Waals surface area (Å²) in [6, 6.07) is 12.7. The fraction of sp³-hybridized carbons (Fsp3) is 0.480. The lowest BCUT2D eigenvalue weighted by Crippen LogP contribution is -2.33. The van der Waals surface area contributed by atoms with E-state index in [2.05, 4.69) is 50.1 Å². The number of ether oxygens (including phenoxy) is 1. The first-order valence-electron chi connectivity index (χ1n) is 11.5. The highest BCUT2D eigenvalue weighted by Gasteiger charge is 2.21. The summed E-state index contributed by atoms with van der Waals surface area (Å²) in [5, 5.41) is 1.25. The van der Waals surface area contributed by atoms with E-state index in [0.717, 1.165) is 69.5 Å². The first-order valence-corrected chi connectivity index (χ1v) is 11.5. The molecular formula is C25H31N5O. The van der Waals surface area contributed by atoms with Crippen LogP contribution in [-0.4, -0.2) is 59.2 Å². The van der Waals surface area contributed by atoms with Gasteiger partial charge in [0.15, 0.2) is 0 Å². The van der Waals surface area contributed by atoms with E-state index in [9.17, 15) is 0 Å². The van der Waals surface area contributed by atoms with Gasteiger partial charge in [-0.2, -0.15) is 0 Å². The number of pyridine rings is 1. The summed E-state index contributed by atoms with van der Waals surface area (Å²) in [5.74, 6) is 1.35. The number of fused-ring (bicyclic) bond motifs is 1. The van der Waals surface area contributed by atoms with E-state index in [1.807, 2.05) is 18.5 Å². The molecular weight excluding hydrogens is 386 g/mol. The van der Waals surface area contributed by atoms with Gasteiger partial charge in [-0.1, -0.05) is 18.2 Å². The molecule has 4 heterocycles. The summed E-state index contributed by atoms with van der Waals surface area (Å²) in [5.41, 5.74) is 3.53. The molecule has 2 aromatic heterocycles. The zero-order valence-electron chi connectivity index (χ0n) is 18.1. The molecule has 6 heteroatoms. The molecule has 1 atom stereocenters. The Labute approximate surface area is 184 Å². The maximum absolute atomic E-state index is 5.98. The minimum Gasteiger partial charge on any atom is -0.380 e. The Balaban J connectivity index is 1.27. The lowest BCUT2D eigenvalue weighted by atomic mass is 9.96. The van der Waals surface area contributed by atoms with Gasteiger partial charge in [-0.05, 0) is 55.4 Å². The van der Waals surface area contributed by atoms with E-state index in [4.69, 9.17) is 9.72 Å². The molecule has 31 heavy (non-hydrogen) atoms. The van der Waals surface area contributed by atoms with Crippen LogP contribution in [0.1, 0.15) is 30.5 Å². The Morgan fingerprint density at radius 2 is 1.87 bits per heavy atom. The number of hydrogen-bond donors (Lipinski definition) is 0. The van der Waals surface area contributed by atoms with Gasteiger partial charge in [0.05, 0.1) is 24.4 Å². The van der Waals surface area contributed by atoms with Crippen LogP contribution >= 0.6 is 0 Å². The van der Waals surface area contributed by atoms with E-state index in [1.165, 1.54) is 30.2 Å². The molecule has 5 rings (SSSR count). The molecule has 3 aromatic rings. The standard InChI is InChI=1S/C25H31N5O/c1-2-12-30(13-3-1)25-27-11-9-22(28-25)18-29-14-15-31-19-20(17-29)16-21-6-4-8-24-23(21)7-5-10-26-24/h4-11,20H,1-3,12-19H2. The number of piperidine rings is 1. The maximum atomic E-state index is 5.98. The number of rotatable bonds is 5. The molecule has 6 nitrogen and oxygen atoms in total. The third kappa shape index (κ3) is 5.02. The highest BCUT2D eigenvalue weighted by atomic mass is 16.5. The Morgan fingerprint density at radius 1 is 0.935 bits per heavy atom. The van der Waals surface area contributed by atoms with Crippen molar-refractivity contribution in [1.82, 2.24) is 19.9 Å². The summed E-state index contributed by atoms with van der Waals surface area (Å²) in [6.45, 7) is 6.52. The van der Waals surface area contributed by atoms with Crippen LogP contribution < -0.4 is 4.90 Å². The second-order valence-corrected chi connectivity index (χ2v) is 8.76. The van der Waals surface area contributed by atoms with Crippen LogP contribution in [0.15, 0.2) is 48.8 Å². The highest BCUT2D eigenvalue weighted by molar-refractivity contribution is 5.81. The minimum absolute atomic E-state index is 0.455. The SMILES string of the molecule is c1cc(CC2COCCN(Cc3ccnc(N4CCCCC4)n3)C2)c2cccnc2c1. The molecule has 0 bridgehead atoms. The van der Waals surface area contributed by atoms with E-state index in [0.29, 0.717) is 5.92 Å². The van der Waals surface area contributed by atoms with Crippen molar-refractivity contribution in [3.63, 3.8) is 0 Å². The Hall–Kier alpha value is -2.57. The predicted octanol–water partition coefficient (Wildman–Crippen LogP) is 3.71. The predicted molar refractivity (Wildman–Crippen MR) is 123 cm³/mol. The zero-order chi connectivity index (χ0) is 20.9. The maximum Gasteiger partial charge on any atom is 0.225 e. The largest absolute Gasteiger partial charge is 0.380 e. The average molecular weight is 418 g/mol. The van der Waals surface area contributed by atoms with Crippen molar-refractivity contribution in [3.05, 3.63) is 60.0 Å². The van der Waals surface area contributed by atoms with Crippen LogP contribution in [0.5, 0.6) is 0 Å². The minimum atomic E-state index is 0.455. The van der Waals surface area contributed by atoms with Crippen LogP contribution in [0.3, 0.4) is 0 Å². The number of benzene rings is 1. The quantitative estimate of drug-likeness (QED) is 0.631. The normalized spacial score (nSPS) is 20.6. The Morgan fingerprint density at radius 3 is 2.81 bits per heavy atom. The van der Waals surface area contributed by atoms with Gasteiger partial charge in [-0.3, -0.25) is 9.88 Å². The number of nitrogens with zero attached hydrogens (tertiary/aromatic N) is 5. The molecule has 0 radical (unpaired) electrons. The first kappa shape index (κ1) is 20.3. The first-order chi connectivity index (χ1) is 15.3. The molecule has 2 aliphatic heterocycles. The van der Waals surface area contributed by atoms with Gasteiger partial charge < -0.3 is 9.64 Å². The van der Waals surface area contributed by atoms with E-state index in [1.54, 1.807) is 0 Å². The molecule has 2 aliphatic rings. The molecule has 0 spiro atoms. The third-order valence-electron chi connectivity index (χ3n) is 6.39. The second kappa shape index (κ2) is 9.71. The number of hydrogen-bond acceptors (Lipinski definition) is 6. The second-order valence-electron chi connectivity index (χ2n) is 8.76. The van der Waals surface area contributed by atoms with Crippen LogP contribution in [0.2, 0.25) is 0 Å². The summed E-state index contributed by atoms with van der Waals surface area (Å²) in [6.07, 6.45) is 8.58. The molecule has 0 N–H and O–H groups in total. The zero-order valence-corrected chi connectivity index (χ0v) is 18.1. The lowest BCUT2D eigenvalue weighted by molar-refractivity contribution is 0.122. The summed E-state index contributed by atoms with van der Waals surface area (Å²) in [7, 11) is 0. The molecule has 0 aliphatic carbocycles. The van der Waals surface area contributed by atoms with Crippen LogP contribution in [0.4, 0.5) is 5.95 Å². The van der Waals surface area contributed by atoms with Gasteiger partial charge >= 0.3 is 0 Å². The lowest BCUT2D eigenvalue weighted by Gasteiger charge is -2.27. The summed E-state index contributed by atoms with van der Waals surface area (Å²) in [4.78, 5) is 18.8. The van der Waals surface area contributed by atoms with Gasteiger partial charge in [0.2, 0.25) is 5.95 Å².